The Labute approximate surface area is 287 Å². The highest BCUT2D eigenvalue weighted by Crippen LogP contribution is 2.09. The van der Waals surface area contributed by atoms with Crippen LogP contribution in [0.15, 0.2) is 0 Å². The van der Waals surface area contributed by atoms with Crippen molar-refractivity contribution in [2.45, 2.75) is 108 Å². The number of hydrogen-bond acceptors (Lipinski definition) is 12. The fraction of sp³-hybridized carbons (Fsp3) is 0.690. The van der Waals surface area contributed by atoms with E-state index in [0.29, 0.717) is 6.42 Å². The van der Waals surface area contributed by atoms with Crippen LogP contribution in [0, 0.1) is 5.92 Å². The molecule has 0 radical (unpaired) electrons. The van der Waals surface area contributed by atoms with Crippen LogP contribution in [0.3, 0.4) is 0 Å². The Bertz CT molecular complexity index is 1210. The number of nitrogens with one attached hydrogen (secondary N) is 5. The zero-order valence-corrected chi connectivity index (χ0v) is 27.9. The standard InChI is InChI=1S/C29H49N7O14/c1-14(2)11-20(29(49)50)36-27(47)18(7-9-22(40)41)34-28(48)19(12-23(42)43)35-25(45)16(5-3-4-10-30)33-26(46)17(6-8-21(38)39)32-24(44)15(31)13-37/h14-20,37H,3-13,30-31H2,1-2H3,(H,32,44)(H,33,46)(H,34,48)(H,35,45)(H,36,47)(H,38,39)(H,40,41)(H,42,43)(H,49,50)/t15-,16-,17-,18-,19-,20-/m0/s1. The number of carboxylic acids is 4. The number of aliphatic hydroxyl groups is 1. The lowest BCUT2D eigenvalue weighted by atomic mass is 10.0. The van der Waals surface area contributed by atoms with Crippen molar-refractivity contribution < 1.29 is 68.7 Å². The summed E-state index contributed by atoms with van der Waals surface area (Å²) in [4.78, 5) is 111. The zero-order chi connectivity index (χ0) is 38.6. The second-order valence-electron chi connectivity index (χ2n) is 11.8. The third-order valence-electron chi connectivity index (χ3n) is 7.01. The van der Waals surface area contributed by atoms with Crippen molar-refractivity contribution in [2.75, 3.05) is 13.2 Å². The van der Waals surface area contributed by atoms with Crippen molar-refractivity contribution in [1.82, 2.24) is 26.6 Å². The first-order valence-electron chi connectivity index (χ1n) is 15.8. The van der Waals surface area contributed by atoms with Gasteiger partial charge in [-0.05, 0) is 51.0 Å². The number of amides is 5. The highest BCUT2D eigenvalue weighted by molar-refractivity contribution is 5.97. The van der Waals surface area contributed by atoms with Crippen LogP contribution in [0.2, 0.25) is 0 Å². The lowest BCUT2D eigenvalue weighted by Crippen LogP contribution is -2.59. The van der Waals surface area contributed by atoms with Gasteiger partial charge in [-0.25, -0.2) is 4.79 Å². The van der Waals surface area contributed by atoms with Gasteiger partial charge in [-0.3, -0.25) is 38.4 Å². The van der Waals surface area contributed by atoms with Gasteiger partial charge in [-0.2, -0.15) is 0 Å². The van der Waals surface area contributed by atoms with E-state index < -0.39 is 128 Å². The van der Waals surface area contributed by atoms with Gasteiger partial charge in [0.2, 0.25) is 29.5 Å². The molecule has 0 saturated carbocycles. The molecule has 0 saturated heterocycles. The Morgan fingerprint density at radius 1 is 0.560 bits per heavy atom. The van der Waals surface area contributed by atoms with Crippen molar-refractivity contribution in [2.24, 2.45) is 17.4 Å². The Balaban J connectivity index is 6.25. The smallest absolute Gasteiger partial charge is 0.326 e. The van der Waals surface area contributed by atoms with Crippen molar-refractivity contribution in [3.63, 3.8) is 0 Å². The molecule has 0 spiro atoms. The molecule has 0 rings (SSSR count). The molecule has 50 heavy (non-hydrogen) atoms. The highest BCUT2D eigenvalue weighted by atomic mass is 16.4. The van der Waals surface area contributed by atoms with Crippen LogP contribution < -0.4 is 38.1 Å². The molecule has 21 heteroatoms. The van der Waals surface area contributed by atoms with E-state index in [1.54, 1.807) is 13.8 Å². The Kier molecular flexibility index (Phi) is 21.2. The molecular formula is C29H49N7O14. The number of unbranched alkanes of at least 4 members (excludes halogenated alkanes) is 1. The van der Waals surface area contributed by atoms with Gasteiger partial charge in [-0.15, -0.1) is 0 Å². The third kappa shape index (κ3) is 18.6. The van der Waals surface area contributed by atoms with Gasteiger partial charge in [0.1, 0.15) is 36.3 Å². The molecule has 0 fully saturated rings. The maximum Gasteiger partial charge on any atom is 0.326 e. The predicted octanol–water partition coefficient (Wildman–Crippen LogP) is -3.81. The minimum Gasteiger partial charge on any atom is -0.481 e. The number of carbonyl (C=O) groups excluding carboxylic acids is 5. The maximum absolute atomic E-state index is 13.4. The summed E-state index contributed by atoms with van der Waals surface area (Å²) in [7, 11) is 0. The molecule has 0 bridgehead atoms. The third-order valence-corrected chi connectivity index (χ3v) is 7.01. The number of nitrogens with two attached hydrogens (primary N) is 2. The summed E-state index contributed by atoms with van der Waals surface area (Å²) in [5, 5.41) is 57.4. The molecule has 0 aliphatic rings. The van der Waals surface area contributed by atoms with Gasteiger partial charge in [0, 0.05) is 12.8 Å². The lowest BCUT2D eigenvalue weighted by molar-refractivity contribution is -0.144. The van der Waals surface area contributed by atoms with Crippen molar-refractivity contribution >= 4 is 53.4 Å². The molecule has 0 unspecified atom stereocenters. The second kappa shape index (κ2) is 23.5. The molecule has 14 N–H and O–H groups in total. The minimum atomic E-state index is -1.90. The zero-order valence-electron chi connectivity index (χ0n) is 27.9. The predicted molar refractivity (Wildman–Crippen MR) is 171 cm³/mol. The molecule has 284 valence electrons. The molecule has 0 aromatic rings. The number of carbonyl (C=O) groups is 9. The molecule has 0 aliphatic heterocycles. The van der Waals surface area contributed by atoms with E-state index in [1.807, 2.05) is 0 Å². The summed E-state index contributed by atoms with van der Waals surface area (Å²) in [5.74, 6) is -11.3. The molecule has 6 atom stereocenters. The number of rotatable bonds is 26. The molecule has 0 aromatic carbocycles. The first-order valence-corrected chi connectivity index (χ1v) is 15.8. The molecule has 0 heterocycles. The monoisotopic (exact) mass is 719 g/mol. The largest absolute Gasteiger partial charge is 0.481 e. The number of aliphatic hydroxyl groups excluding tert-OH is 1. The Morgan fingerprint density at radius 2 is 0.960 bits per heavy atom. The quantitative estimate of drug-likeness (QED) is 0.0381. The molecule has 5 amide bonds. The van der Waals surface area contributed by atoms with Crippen LogP contribution in [0.5, 0.6) is 0 Å². The van der Waals surface area contributed by atoms with E-state index in [9.17, 15) is 53.4 Å². The number of hydrogen-bond donors (Lipinski definition) is 12. The molecule has 21 nitrogen and oxygen atoms in total. The van der Waals surface area contributed by atoms with Crippen molar-refractivity contribution in [1.29, 1.82) is 0 Å². The van der Waals surface area contributed by atoms with Crippen LogP contribution in [-0.2, 0) is 43.2 Å². The fourth-order valence-corrected chi connectivity index (χ4v) is 4.36. The minimum absolute atomic E-state index is 0.00921. The molecule has 0 aliphatic carbocycles. The topological polar surface area (TPSA) is 367 Å². The van der Waals surface area contributed by atoms with E-state index in [-0.39, 0.29) is 31.7 Å². The van der Waals surface area contributed by atoms with E-state index >= 15 is 0 Å². The summed E-state index contributed by atoms with van der Waals surface area (Å²) in [6.45, 7) is 2.76. The van der Waals surface area contributed by atoms with Gasteiger partial charge >= 0.3 is 23.9 Å². The first kappa shape index (κ1) is 45.1. The summed E-state index contributed by atoms with van der Waals surface area (Å²) in [5.41, 5.74) is 11.0. The normalized spacial score (nSPS) is 14.5. The Morgan fingerprint density at radius 3 is 1.34 bits per heavy atom. The first-order chi connectivity index (χ1) is 23.3. The average Bonchev–Trinajstić information content (AvgIpc) is 3.02. The average molecular weight is 720 g/mol. The summed E-state index contributed by atoms with van der Waals surface area (Å²) >= 11 is 0. The van der Waals surface area contributed by atoms with Gasteiger partial charge in [-0.1, -0.05) is 13.8 Å². The SMILES string of the molecule is CC(C)C[C@H](NC(=O)[C@H](CCC(=O)O)NC(=O)[C@H](CC(=O)O)NC(=O)[C@H](CCCCN)NC(=O)[C@H](CCC(=O)O)NC(=O)[C@@H](N)CO)C(=O)O. The van der Waals surface area contributed by atoms with Gasteiger partial charge in [0.15, 0.2) is 0 Å². The summed E-state index contributed by atoms with van der Waals surface area (Å²) in [6, 6.07) is -9.46. The van der Waals surface area contributed by atoms with Crippen LogP contribution >= 0.6 is 0 Å². The van der Waals surface area contributed by atoms with E-state index in [4.69, 9.17) is 26.8 Å². The van der Waals surface area contributed by atoms with E-state index in [0.717, 1.165) is 0 Å². The summed E-state index contributed by atoms with van der Waals surface area (Å²) < 4.78 is 0. The second-order valence-corrected chi connectivity index (χ2v) is 11.8. The summed E-state index contributed by atoms with van der Waals surface area (Å²) in [6.07, 6.45) is -2.83. The Hall–Kier alpha value is -4.89. The fourth-order valence-electron chi connectivity index (χ4n) is 4.36. The number of aliphatic carboxylic acids is 4. The van der Waals surface area contributed by atoms with Crippen molar-refractivity contribution in [3.8, 4) is 0 Å². The van der Waals surface area contributed by atoms with Crippen molar-refractivity contribution in [3.05, 3.63) is 0 Å². The molecule has 0 aromatic heterocycles. The van der Waals surface area contributed by atoms with Crippen LogP contribution in [0.1, 0.15) is 71.6 Å². The van der Waals surface area contributed by atoms with Crippen LogP contribution in [0.4, 0.5) is 0 Å². The van der Waals surface area contributed by atoms with Crippen LogP contribution in [-0.4, -0.2) is 128 Å². The van der Waals surface area contributed by atoms with Crippen LogP contribution in [0.25, 0.3) is 0 Å². The van der Waals surface area contributed by atoms with Gasteiger partial charge in [0.25, 0.3) is 0 Å². The maximum atomic E-state index is 13.4. The highest BCUT2D eigenvalue weighted by Gasteiger charge is 2.34. The van der Waals surface area contributed by atoms with Gasteiger partial charge < -0.3 is 63.6 Å². The van der Waals surface area contributed by atoms with E-state index in [1.165, 1.54) is 0 Å². The van der Waals surface area contributed by atoms with Gasteiger partial charge in [0.05, 0.1) is 13.0 Å². The lowest BCUT2D eigenvalue weighted by Gasteiger charge is -2.26. The van der Waals surface area contributed by atoms with E-state index in [2.05, 4.69) is 26.6 Å². The number of carboxylic acid groups (broad SMARTS) is 4. The molecular weight excluding hydrogens is 670 g/mol.